The van der Waals surface area contributed by atoms with Gasteiger partial charge in [-0.25, -0.2) is 9.07 Å². The minimum atomic E-state index is -0.415. The van der Waals surface area contributed by atoms with Crippen LogP contribution in [0.15, 0.2) is 23.4 Å². The number of nitrogens with zero attached hydrogens (tertiary/aromatic N) is 5. The van der Waals surface area contributed by atoms with E-state index in [4.69, 9.17) is 4.74 Å². The maximum absolute atomic E-state index is 14.7. The maximum atomic E-state index is 14.7. The van der Waals surface area contributed by atoms with Gasteiger partial charge in [-0.15, -0.1) is 5.10 Å². The fourth-order valence-corrected chi connectivity index (χ4v) is 4.34. The van der Waals surface area contributed by atoms with Crippen molar-refractivity contribution in [1.29, 1.82) is 0 Å². The number of hydrogen-bond acceptors (Lipinski definition) is 7. The van der Waals surface area contributed by atoms with Crippen molar-refractivity contribution in [2.45, 2.75) is 62.3 Å². The van der Waals surface area contributed by atoms with Gasteiger partial charge in [0.25, 0.3) is 0 Å². The molecule has 156 valence electrons. The number of hydrogen-bond donors (Lipinski definition) is 1. The lowest BCUT2D eigenvalue weighted by Crippen LogP contribution is -2.45. The average molecular weight is 421 g/mol. The highest BCUT2D eigenvalue weighted by atomic mass is 32.2. The number of nitrogens with one attached hydrogen (secondary N) is 1. The lowest BCUT2D eigenvalue weighted by atomic mass is 10.2. The van der Waals surface area contributed by atoms with Crippen molar-refractivity contribution >= 4 is 29.0 Å². The van der Waals surface area contributed by atoms with E-state index >= 15 is 0 Å². The molecule has 0 spiro atoms. The molecule has 2 aromatic rings. The molecule has 2 heterocycles. The second-order valence-corrected chi connectivity index (χ2v) is 9.02. The Labute approximate surface area is 173 Å². The number of aromatic nitrogens is 4. The number of halogens is 1. The second-order valence-electron chi connectivity index (χ2n) is 7.72. The molecule has 10 heteroatoms. The van der Waals surface area contributed by atoms with Crippen LogP contribution in [-0.2, 0) is 9.53 Å². The topological polar surface area (TPSA) is 85.2 Å². The molecule has 3 atom stereocenters. The number of rotatable bonds is 6. The van der Waals surface area contributed by atoms with Crippen molar-refractivity contribution in [1.82, 2.24) is 20.2 Å². The molecule has 4 rings (SSSR count). The molecule has 1 aromatic carbocycles. The van der Waals surface area contributed by atoms with Crippen molar-refractivity contribution < 1.29 is 13.9 Å². The number of carbonyl (C=O) groups excluding carboxylic acids is 1. The van der Waals surface area contributed by atoms with Gasteiger partial charge in [-0.3, -0.25) is 4.79 Å². The minimum Gasteiger partial charge on any atom is -0.372 e. The molecule has 1 saturated heterocycles. The SMILES string of the molecule is CC1CN(c2ccc(NC(=O)C(C)Sc3nnnn3C3CC3)cc2F)CC(C)O1. The van der Waals surface area contributed by atoms with Crippen LogP contribution in [0.4, 0.5) is 15.8 Å². The molecule has 0 bridgehead atoms. The molecule has 1 aromatic heterocycles. The highest BCUT2D eigenvalue weighted by Crippen LogP contribution is 2.37. The van der Waals surface area contributed by atoms with Crippen LogP contribution in [0, 0.1) is 5.82 Å². The predicted octanol–water partition coefficient (Wildman–Crippen LogP) is 2.88. The van der Waals surface area contributed by atoms with E-state index in [1.807, 2.05) is 18.7 Å². The zero-order chi connectivity index (χ0) is 20.5. The Kier molecular flexibility index (Phi) is 5.73. The summed E-state index contributed by atoms with van der Waals surface area (Å²) in [4.78, 5) is 14.5. The Balaban J connectivity index is 1.39. The van der Waals surface area contributed by atoms with E-state index in [0.717, 1.165) is 12.8 Å². The minimum absolute atomic E-state index is 0.0441. The van der Waals surface area contributed by atoms with E-state index in [9.17, 15) is 9.18 Å². The molecule has 1 N–H and O–H groups in total. The quantitative estimate of drug-likeness (QED) is 0.719. The van der Waals surface area contributed by atoms with Crippen molar-refractivity contribution in [2.75, 3.05) is 23.3 Å². The normalized spacial score (nSPS) is 23.1. The van der Waals surface area contributed by atoms with Gasteiger partial charge in [0.15, 0.2) is 0 Å². The molecule has 1 amide bonds. The maximum Gasteiger partial charge on any atom is 0.237 e. The van der Waals surface area contributed by atoms with E-state index in [1.165, 1.54) is 17.8 Å². The van der Waals surface area contributed by atoms with E-state index in [1.54, 1.807) is 23.7 Å². The number of benzene rings is 1. The zero-order valence-electron chi connectivity index (χ0n) is 16.7. The van der Waals surface area contributed by atoms with Gasteiger partial charge in [-0.1, -0.05) is 11.8 Å². The monoisotopic (exact) mass is 420 g/mol. The largest absolute Gasteiger partial charge is 0.372 e. The first-order valence-electron chi connectivity index (χ1n) is 9.86. The molecule has 8 nitrogen and oxygen atoms in total. The number of carbonyl (C=O) groups is 1. The van der Waals surface area contributed by atoms with Gasteiger partial charge in [0.05, 0.1) is 29.2 Å². The molecule has 1 saturated carbocycles. The second kappa shape index (κ2) is 8.27. The summed E-state index contributed by atoms with van der Waals surface area (Å²) in [5, 5.41) is 14.7. The number of tetrazole rings is 1. The van der Waals surface area contributed by atoms with Crippen LogP contribution in [-0.4, -0.2) is 56.7 Å². The fourth-order valence-electron chi connectivity index (χ4n) is 3.48. The van der Waals surface area contributed by atoms with E-state index in [-0.39, 0.29) is 23.9 Å². The van der Waals surface area contributed by atoms with Crippen LogP contribution in [0.5, 0.6) is 0 Å². The number of thioether (sulfide) groups is 1. The first-order chi connectivity index (χ1) is 13.9. The Morgan fingerprint density at radius 3 is 2.69 bits per heavy atom. The molecule has 0 radical (unpaired) electrons. The van der Waals surface area contributed by atoms with Gasteiger partial charge < -0.3 is 15.0 Å². The fraction of sp³-hybridized carbons (Fsp3) is 0.579. The Bertz CT molecular complexity index is 879. The molecule has 29 heavy (non-hydrogen) atoms. The lowest BCUT2D eigenvalue weighted by molar-refractivity contribution is -0.115. The van der Waals surface area contributed by atoms with Crippen LogP contribution in [0.2, 0.25) is 0 Å². The standard InChI is InChI=1S/C19H25FN6O2S/c1-11-9-25(10-12(2)28-11)17-7-4-14(8-16(17)20)21-18(27)13(3)29-19-22-23-24-26(19)15-5-6-15/h4,7-8,11-13,15H,5-6,9-10H2,1-3H3,(H,21,27). The van der Waals surface area contributed by atoms with Crippen LogP contribution in [0.3, 0.4) is 0 Å². The van der Waals surface area contributed by atoms with Gasteiger partial charge in [-0.2, -0.15) is 0 Å². The predicted molar refractivity (Wildman–Crippen MR) is 109 cm³/mol. The first kappa shape index (κ1) is 20.1. The summed E-state index contributed by atoms with van der Waals surface area (Å²) < 4.78 is 22.2. The molecular weight excluding hydrogens is 395 g/mol. The Morgan fingerprint density at radius 2 is 2.03 bits per heavy atom. The Hall–Kier alpha value is -2.20. The molecule has 1 aliphatic carbocycles. The van der Waals surface area contributed by atoms with Crippen LogP contribution in [0.25, 0.3) is 0 Å². The number of ether oxygens (including phenoxy) is 1. The number of anilines is 2. The van der Waals surface area contributed by atoms with E-state index in [0.29, 0.717) is 35.7 Å². The summed E-state index contributed by atoms with van der Waals surface area (Å²) in [5.74, 6) is -0.580. The third-order valence-corrected chi connectivity index (χ3v) is 6.03. The summed E-state index contributed by atoms with van der Waals surface area (Å²) in [6.07, 6.45) is 2.21. The van der Waals surface area contributed by atoms with Crippen LogP contribution in [0.1, 0.15) is 39.7 Å². The average Bonchev–Trinajstić information content (AvgIpc) is 3.40. The van der Waals surface area contributed by atoms with Crippen molar-refractivity contribution in [3.8, 4) is 0 Å². The van der Waals surface area contributed by atoms with E-state index in [2.05, 4.69) is 20.8 Å². The van der Waals surface area contributed by atoms with Gasteiger partial charge >= 0.3 is 0 Å². The van der Waals surface area contributed by atoms with Crippen LogP contribution >= 0.6 is 11.8 Å². The van der Waals surface area contributed by atoms with E-state index < -0.39 is 5.25 Å². The molecule has 2 fully saturated rings. The smallest absolute Gasteiger partial charge is 0.237 e. The highest BCUT2D eigenvalue weighted by Gasteiger charge is 2.29. The number of morpholine rings is 1. The first-order valence-corrected chi connectivity index (χ1v) is 10.7. The van der Waals surface area contributed by atoms with Crippen molar-refractivity contribution in [2.24, 2.45) is 0 Å². The summed E-state index contributed by atoms with van der Waals surface area (Å²) in [5.41, 5.74) is 0.955. The summed E-state index contributed by atoms with van der Waals surface area (Å²) >= 11 is 1.30. The third kappa shape index (κ3) is 4.69. The Morgan fingerprint density at radius 1 is 1.31 bits per heavy atom. The number of amides is 1. The van der Waals surface area contributed by atoms with Crippen LogP contribution < -0.4 is 10.2 Å². The van der Waals surface area contributed by atoms with Gasteiger partial charge in [0.1, 0.15) is 5.82 Å². The molecule has 3 unspecified atom stereocenters. The molecule has 1 aliphatic heterocycles. The highest BCUT2D eigenvalue weighted by molar-refractivity contribution is 8.00. The molecule has 2 aliphatic rings. The third-order valence-electron chi connectivity index (χ3n) is 4.98. The van der Waals surface area contributed by atoms with Gasteiger partial charge in [0, 0.05) is 18.8 Å². The zero-order valence-corrected chi connectivity index (χ0v) is 17.5. The van der Waals surface area contributed by atoms with Gasteiger partial charge in [-0.05, 0) is 62.2 Å². The summed E-state index contributed by atoms with van der Waals surface area (Å²) in [7, 11) is 0. The summed E-state index contributed by atoms with van der Waals surface area (Å²) in [6, 6.07) is 5.15. The lowest BCUT2D eigenvalue weighted by Gasteiger charge is -2.37. The van der Waals surface area contributed by atoms with Crippen molar-refractivity contribution in [3.63, 3.8) is 0 Å². The van der Waals surface area contributed by atoms with Crippen molar-refractivity contribution in [3.05, 3.63) is 24.0 Å². The molecular formula is C19H25FN6O2S. The summed E-state index contributed by atoms with van der Waals surface area (Å²) in [6.45, 7) is 7.02. The van der Waals surface area contributed by atoms with Gasteiger partial charge in [0.2, 0.25) is 11.1 Å².